The lowest BCUT2D eigenvalue weighted by molar-refractivity contribution is -0.126. The van der Waals surface area contributed by atoms with E-state index in [1.165, 1.54) is 25.3 Å². The van der Waals surface area contributed by atoms with Gasteiger partial charge in [0.2, 0.25) is 0 Å². The van der Waals surface area contributed by atoms with Gasteiger partial charge in [0, 0.05) is 11.5 Å². The molecule has 4 nitrogen and oxygen atoms in total. The highest BCUT2D eigenvalue weighted by molar-refractivity contribution is 7.77. The molecule has 0 spiro atoms. The van der Waals surface area contributed by atoms with E-state index in [-0.39, 0.29) is 22.8 Å². The van der Waals surface area contributed by atoms with E-state index in [1.807, 2.05) is 6.92 Å². The largest absolute Gasteiger partial charge is 0.755 e. The molecular formula is C17H26NO3S-. The number of nitrogens with zero attached hydrogens (tertiary/aromatic N) is 1. The summed E-state index contributed by atoms with van der Waals surface area (Å²) in [5.74, 6) is 0.754. The van der Waals surface area contributed by atoms with Crippen molar-refractivity contribution in [3.8, 4) is 0 Å². The van der Waals surface area contributed by atoms with Crippen LogP contribution in [-0.4, -0.2) is 25.0 Å². The van der Waals surface area contributed by atoms with Crippen molar-refractivity contribution in [3.63, 3.8) is 0 Å². The Kier molecular flexibility index (Phi) is 4.01. The fourth-order valence-corrected chi connectivity index (χ4v) is 6.18. The van der Waals surface area contributed by atoms with Gasteiger partial charge in [0.15, 0.2) is 0 Å². The molecule has 2 bridgehead atoms. The van der Waals surface area contributed by atoms with Crippen molar-refractivity contribution < 1.29 is 13.6 Å². The third-order valence-corrected chi connectivity index (χ3v) is 7.45. The van der Waals surface area contributed by atoms with Crippen LogP contribution in [0.4, 0.5) is 0 Å². The summed E-state index contributed by atoms with van der Waals surface area (Å²) in [6, 6.07) is -0.152. The standard InChI is InChI=1S/C17H27NO3S/c1-4-5-6-15(19)18(22(20)21)14-11-13-9-10-17(14,12-7-8-12)16(13,2)3/h5-6,12-14H,4,7-11H2,1-3H3,(H,20,21)/p-1/b6-5-/t13?,14-,17-/m0/s1. The van der Waals surface area contributed by atoms with E-state index in [2.05, 4.69) is 13.8 Å². The van der Waals surface area contributed by atoms with Crippen molar-refractivity contribution in [3.05, 3.63) is 12.2 Å². The van der Waals surface area contributed by atoms with Crippen LogP contribution < -0.4 is 0 Å². The Morgan fingerprint density at radius 3 is 2.50 bits per heavy atom. The van der Waals surface area contributed by atoms with Crippen molar-refractivity contribution in [1.82, 2.24) is 4.31 Å². The zero-order chi connectivity index (χ0) is 16.1. The smallest absolute Gasteiger partial charge is 0.257 e. The van der Waals surface area contributed by atoms with Crippen LogP contribution in [0.25, 0.3) is 0 Å². The van der Waals surface area contributed by atoms with Crippen molar-refractivity contribution in [1.29, 1.82) is 0 Å². The summed E-state index contributed by atoms with van der Waals surface area (Å²) in [6.45, 7) is 6.52. The topological polar surface area (TPSA) is 60.4 Å². The van der Waals surface area contributed by atoms with Crippen LogP contribution in [0.15, 0.2) is 12.2 Å². The fourth-order valence-electron chi connectivity index (χ4n) is 5.49. The summed E-state index contributed by atoms with van der Waals surface area (Å²) in [5, 5.41) is 0. The number of carbonyl (C=O) groups is 1. The number of fused-ring (bicyclic) bond motifs is 2. The molecule has 124 valence electrons. The minimum Gasteiger partial charge on any atom is -0.755 e. The van der Waals surface area contributed by atoms with E-state index >= 15 is 0 Å². The molecular weight excluding hydrogens is 298 g/mol. The molecule has 0 aromatic carbocycles. The van der Waals surface area contributed by atoms with Crippen molar-refractivity contribution in [2.45, 2.75) is 65.3 Å². The Balaban J connectivity index is 1.97. The molecule has 0 aromatic rings. The third-order valence-electron chi connectivity index (χ3n) is 6.69. The average molecular weight is 324 g/mol. The zero-order valence-electron chi connectivity index (χ0n) is 13.7. The van der Waals surface area contributed by atoms with E-state index in [1.54, 1.807) is 6.08 Å². The van der Waals surface area contributed by atoms with Crippen molar-refractivity contribution in [2.24, 2.45) is 22.7 Å². The SMILES string of the molecule is CC/C=C\C(=O)N([C@H]1CC2CC[C@@]1(C1CC1)C2(C)C)S(=O)[O-]. The fraction of sp³-hybridized carbons (Fsp3) is 0.824. The second-order valence-electron chi connectivity index (χ2n) is 7.72. The number of allylic oxidation sites excluding steroid dienone is 1. The Hall–Kier alpha value is -0.680. The molecule has 1 amide bonds. The number of amides is 1. The molecule has 0 N–H and O–H groups in total. The number of hydrogen-bond acceptors (Lipinski definition) is 3. The summed E-state index contributed by atoms with van der Waals surface area (Å²) in [4.78, 5) is 12.4. The van der Waals surface area contributed by atoms with Crippen LogP contribution >= 0.6 is 0 Å². The summed E-state index contributed by atoms with van der Waals surface area (Å²) in [6.07, 6.45) is 9.35. The van der Waals surface area contributed by atoms with Gasteiger partial charge < -0.3 is 4.55 Å². The predicted molar refractivity (Wildman–Crippen MR) is 85.3 cm³/mol. The Labute approximate surface area is 135 Å². The minimum absolute atomic E-state index is 0.00650. The molecule has 4 atom stereocenters. The first-order valence-electron chi connectivity index (χ1n) is 8.45. The molecule has 5 heteroatoms. The van der Waals surface area contributed by atoms with Gasteiger partial charge >= 0.3 is 0 Å². The molecule has 2 unspecified atom stereocenters. The second-order valence-corrected chi connectivity index (χ2v) is 8.54. The van der Waals surface area contributed by atoms with Crippen LogP contribution in [0.3, 0.4) is 0 Å². The normalized spacial score (nSPS) is 37.6. The molecule has 22 heavy (non-hydrogen) atoms. The van der Waals surface area contributed by atoms with Crippen LogP contribution in [0.5, 0.6) is 0 Å². The first-order valence-corrected chi connectivity index (χ1v) is 9.48. The lowest BCUT2D eigenvalue weighted by Crippen LogP contribution is -2.52. The number of rotatable bonds is 5. The Bertz CT molecular complexity index is 526. The van der Waals surface area contributed by atoms with Crippen LogP contribution in [0.2, 0.25) is 0 Å². The van der Waals surface area contributed by atoms with Gasteiger partial charge in [0.05, 0.1) is 17.3 Å². The highest BCUT2D eigenvalue weighted by atomic mass is 32.2. The average Bonchev–Trinajstić information content (AvgIpc) is 3.23. The summed E-state index contributed by atoms with van der Waals surface area (Å²) in [7, 11) is 0. The molecule has 3 aliphatic rings. The van der Waals surface area contributed by atoms with Gasteiger partial charge in [-0.1, -0.05) is 26.8 Å². The maximum Gasteiger partial charge on any atom is 0.257 e. The number of hydrogen-bond donors (Lipinski definition) is 0. The maximum atomic E-state index is 12.4. The first kappa shape index (κ1) is 16.2. The van der Waals surface area contributed by atoms with Gasteiger partial charge in [0.25, 0.3) is 5.91 Å². The van der Waals surface area contributed by atoms with E-state index in [0.717, 1.165) is 23.6 Å². The molecule has 3 saturated carbocycles. The highest BCUT2D eigenvalue weighted by Crippen LogP contribution is 2.73. The number of carbonyl (C=O) groups excluding carboxylic acids is 1. The summed E-state index contributed by atoms with van der Waals surface area (Å²) < 4.78 is 24.8. The van der Waals surface area contributed by atoms with Gasteiger partial charge in [-0.2, -0.15) is 0 Å². The molecule has 0 aromatic heterocycles. The molecule has 0 heterocycles. The van der Waals surface area contributed by atoms with Crippen LogP contribution in [0, 0.1) is 22.7 Å². The van der Waals surface area contributed by atoms with Gasteiger partial charge in [-0.05, 0) is 55.8 Å². The van der Waals surface area contributed by atoms with E-state index in [4.69, 9.17) is 0 Å². The van der Waals surface area contributed by atoms with Crippen molar-refractivity contribution >= 4 is 17.2 Å². The summed E-state index contributed by atoms with van der Waals surface area (Å²) in [5.41, 5.74) is 0.124. The molecule has 0 aliphatic heterocycles. The molecule has 3 rings (SSSR count). The lowest BCUT2D eigenvalue weighted by atomic mass is 9.64. The highest BCUT2D eigenvalue weighted by Gasteiger charge is 2.70. The zero-order valence-corrected chi connectivity index (χ0v) is 14.5. The quantitative estimate of drug-likeness (QED) is 0.576. The van der Waals surface area contributed by atoms with Crippen molar-refractivity contribution in [2.75, 3.05) is 0 Å². The lowest BCUT2D eigenvalue weighted by Gasteiger charge is -2.47. The van der Waals surface area contributed by atoms with Crippen LogP contribution in [-0.2, 0) is 16.1 Å². The van der Waals surface area contributed by atoms with Gasteiger partial charge in [-0.25, -0.2) is 0 Å². The summed E-state index contributed by atoms with van der Waals surface area (Å²) >= 11 is -2.49. The van der Waals surface area contributed by atoms with Crippen LogP contribution in [0.1, 0.15) is 59.3 Å². The van der Waals surface area contributed by atoms with E-state index in [0.29, 0.717) is 11.8 Å². The molecule has 3 aliphatic carbocycles. The van der Waals surface area contributed by atoms with E-state index in [9.17, 15) is 13.6 Å². The molecule has 3 fully saturated rings. The van der Waals surface area contributed by atoms with E-state index < -0.39 is 11.3 Å². The molecule has 0 saturated heterocycles. The van der Waals surface area contributed by atoms with Gasteiger partial charge in [0.1, 0.15) is 0 Å². The monoisotopic (exact) mass is 324 g/mol. The maximum absolute atomic E-state index is 12.4. The second kappa shape index (κ2) is 5.45. The Morgan fingerprint density at radius 1 is 1.32 bits per heavy atom. The Morgan fingerprint density at radius 2 is 2.00 bits per heavy atom. The molecule has 0 radical (unpaired) electrons. The third kappa shape index (κ3) is 2.12. The minimum atomic E-state index is -2.49. The predicted octanol–water partition coefficient (Wildman–Crippen LogP) is 3.18. The van der Waals surface area contributed by atoms with Gasteiger partial charge in [-0.15, -0.1) is 0 Å². The van der Waals surface area contributed by atoms with Gasteiger partial charge in [-0.3, -0.25) is 13.3 Å². The first-order chi connectivity index (χ1) is 10.4.